The maximum atomic E-state index is 13.5. The largest absolute Gasteiger partial charge is 0.403 e. The summed E-state index contributed by atoms with van der Waals surface area (Å²) in [6, 6.07) is 28.5. The van der Waals surface area contributed by atoms with Crippen molar-refractivity contribution in [2.45, 2.75) is 50.2 Å². The summed E-state index contributed by atoms with van der Waals surface area (Å²) < 4.78 is 34.2. The minimum Gasteiger partial charge on any atom is -0.403 e. The van der Waals surface area contributed by atoms with E-state index in [0.717, 1.165) is 10.4 Å². The van der Waals surface area contributed by atoms with Gasteiger partial charge in [-0.05, 0) is 27.5 Å². The standard InChI is InChI=1S/C30H36O4SSi/c1-6-16-28(31)24(2)29(23-35(32,33)25-17-10-7-11-18-25)34-36(30(3,4)5,26-19-12-8-13-20-26)27-21-14-9-15-22-27/h6-15,17-22,24,29H,1,16,23H2,2-5H3/t24-,29-/m1/s1. The molecule has 0 heterocycles. The van der Waals surface area contributed by atoms with Crippen molar-refractivity contribution in [1.29, 1.82) is 0 Å². The predicted molar refractivity (Wildman–Crippen MR) is 150 cm³/mol. The van der Waals surface area contributed by atoms with Crippen molar-refractivity contribution in [3.8, 4) is 0 Å². The monoisotopic (exact) mass is 520 g/mol. The first-order chi connectivity index (χ1) is 17.0. The van der Waals surface area contributed by atoms with Gasteiger partial charge in [-0.2, -0.15) is 0 Å². The number of carbonyl (C=O) groups excluding carboxylic acids is 1. The number of allylic oxidation sites excluding steroid dienone is 1. The Morgan fingerprint density at radius 1 is 0.889 bits per heavy atom. The van der Waals surface area contributed by atoms with Gasteiger partial charge in [0.1, 0.15) is 5.78 Å². The zero-order chi connectivity index (χ0) is 26.4. The highest BCUT2D eigenvalue weighted by molar-refractivity contribution is 7.91. The number of carbonyl (C=O) groups is 1. The van der Waals surface area contributed by atoms with Crippen LogP contribution in [0.4, 0.5) is 0 Å². The van der Waals surface area contributed by atoms with Gasteiger partial charge in [-0.15, -0.1) is 6.58 Å². The highest BCUT2D eigenvalue weighted by Gasteiger charge is 2.52. The third-order valence-corrected chi connectivity index (χ3v) is 13.5. The topological polar surface area (TPSA) is 60.4 Å². The van der Waals surface area contributed by atoms with E-state index >= 15 is 0 Å². The van der Waals surface area contributed by atoms with Gasteiger partial charge in [-0.25, -0.2) is 8.42 Å². The van der Waals surface area contributed by atoms with Crippen molar-refractivity contribution in [3.63, 3.8) is 0 Å². The van der Waals surface area contributed by atoms with E-state index in [1.165, 1.54) is 0 Å². The van der Waals surface area contributed by atoms with Crippen LogP contribution in [-0.2, 0) is 19.1 Å². The average molecular weight is 521 g/mol. The van der Waals surface area contributed by atoms with Crippen LogP contribution in [-0.4, -0.2) is 34.4 Å². The lowest BCUT2D eigenvalue weighted by Gasteiger charge is -2.46. The van der Waals surface area contributed by atoms with Crippen molar-refractivity contribution < 1.29 is 17.6 Å². The molecule has 0 saturated heterocycles. The summed E-state index contributed by atoms with van der Waals surface area (Å²) >= 11 is 0. The van der Waals surface area contributed by atoms with Crippen molar-refractivity contribution in [2.75, 3.05) is 5.75 Å². The molecule has 0 N–H and O–H groups in total. The van der Waals surface area contributed by atoms with E-state index in [2.05, 4.69) is 51.6 Å². The molecule has 0 spiro atoms. The van der Waals surface area contributed by atoms with Crippen LogP contribution in [0.2, 0.25) is 5.04 Å². The first-order valence-electron chi connectivity index (χ1n) is 12.2. The number of Topliss-reactive ketones (excluding diaryl/α,β-unsaturated/α-hetero) is 1. The molecule has 0 aliphatic carbocycles. The zero-order valence-electron chi connectivity index (χ0n) is 21.6. The summed E-state index contributed by atoms with van der Waals surface area (Å²) in [6.07, 6.45) is 0.881. The molecule has 0 aliphatic rings. The van der Waals surface area contributed by atoms with Gasteiger partial charge < -0.3 is 4.43 Å². The molecule has 0 radical (unpaired) electrons. The van der Waals surface area contributed by atoms with Crippen LogP contribution in [0.25, 0.3) is 0 Å². The SMILES string of the molecule is C=CCC(=O)[C@@H](C)[C@@H](CS(=O)(=O)c1ccccc1)O[Si](c1ccccc1)(c1ccccc1)C(C)(C)C. The number of hydrogen-bond donors (Lipinski definition) is 0. The van der Waals surface area contributed by atoms with Gasteiger partial charge in [0.25, 0.3) is 8.32 Å². The molecule has 3 rings (SSSR count). The fraction of sp³-hybridized carbons (Fsp3) is 0.300. The van der Waals surface area contributed by atoms with E-state index in [1.807, 2.05) is 36.4 Å². The van der Waals surface area contributed by atoms with E-state index in [-0.39, 0.29) is 27.9 Å². The van der Waals surface area contributed by atoms with Crippen molar-refractivity contribution in [3.05, 3.63) is 104 Å². The Morgan fingerprint density at radius 3 is 1.75 bits per heavy atom. The molecular formula is C30H36O4SSi. The smallest absolute Gasteiger partial charge is 0.261 e. The quantitative estimate of drug-likeness (QED) is 0.258. The highest BCUT2D eigenvalue weighted by Crippen LogP contribution is 2.39. The summed E-state index contributed by atoms with van der Waals surface area (Å²) in [5.74, 6) is -1.01. The maximum Gasteiger partial charge on any atom is 0.261 e. The Labute approximate surface area is 217 Å². The van der Waals surface area contributed by atoms with E-state index in [4.69, 9.17) is 4.43 Å². The molecule has 3 aromatic rings. The molecule has 0 unspecified atom stereocenters. The highest BCUT2D eigenvalue weighted by atomic mass is 32.2. The molecule has 190 valence electrons. The van der Waals surface area contributed by atoms with Gasteiger partial charge in [0.2, 0.25) is 0 Å². The van der Waals surface area contributed by atoms with Crippen LogP contribution in [0.3, 0.4) is 0 Å². The number of rotatable bonds is 11. The molecule has 36 heavy (non-hydrogen) atoms. The number of ketones is 1. The van der Waals surface area contributed by atoms with E-state index in [1.54, 1.807) is 43.3 Å². The van der Waals surface area contributed by atoms with E-state index < -0.39 is 30.2 Å². The Bertz CT molecular complexity index is 1210. The summed E-state index contributed by atoms with van der Waals surface area (Å²) in [5.41, 5.74) is 0. The number of sulfone groups is 1. The zero-order valence-corrected chi connectivity index (χ0v) is 23.4. The van der Waals surface area contributed by atoms with Crippen LogP contribution in [0, 0.1) is 5.92 Å². The second-order valence-electron chi connectivity index (χ2n) is 10.2. The average Bonchev–Trinajstić information content (AvgIpc) is 2.87. The Morgan fingerprint density at radius 2 is 1.33 bits per heavy atom. The summed E-state index contributed by atoms with van der Waals surface area (Å²) in [4.78, 5) is 13.3. The molecule has 6 heteroatoms. The predicted octanol–water partition coefficient (Wildman–Crippen LogP) is 5.19. The molecule has 0 bridgehead atoms. The van der Waals surface area contributed by atoms with Crippen molar-refractivity contribution in [2.24, 2.45) is 5.92 Å². The van der Waals surface area contributed by atoms with Gasteiger partial charge in [0, 0.05) is 12.3 Å². The van der Waals surface area contributed by atoms with Gasteiger partial charge in [0.05, 0.1) is 16.8 Å². The minimum absolute atomic E-state index is 0.0869. The maximum absolute atomic E-state index is 13.5. The van der Waals surface area contributed by atoms with Crippen LogP contribution in [0.5, 0.6) is 0 Å². The summed E-state index contributed by atoms with van der Waals surface area (Å²) in [5, 5.41) is 1.72. The molecular weight excluding hydrogens is 484 g/mol. The minimum atomic E-state index is -3.72. The van der Waals surface area contributed by atoms with Gasteiger partial charge in [0.15, 0.2) is 9.84 Å². The lowest BCUT2D eigenvalue weighted by molar-refractivity contribution is -0.124. The van der Waals surface area contributed by atoms with Crippen LogP contribution >= 0.6 is 0 Å². The molecule has 4 nitrogen and oxygen atoms in total. The van der Waals surface area contributed by atoms with E-state index in [0.29, 0.717) is 0 Å². The van der Waals surface area contributed by atoms with Crippen LogP contribution in [0.1, 0.15) is 34.1 Å². The third kappa shape index (κ3) is 5.94. The van der Waals surface area contributed by atoms with Crippen LogP contribution < -0.4 is 10.4 Å². The number of benzene rings is 3. The van der Waals surface area contributed by atoms with Crippen molar-refractivity contribution in [1.82, 2.24) is 0 Å². The van der Waals surface area contributed by atoms with Crippen molar-refractivity contribution >= 4 is 34.3 Å². The van der Waals surface area contributed by atoms with Gasteiger partial charge in [-0.1, -0.05) is 113 Å². The second kappa shape index (κ2) is 11.5. The molecule has 3 aromatic carbocycles. The molecule has 0 amide bonds. The first kappa shape index (κ1) is 27.8. The Kier molecular flexibility index (Phi) is 8.87. The third-order valence-electron chi connectivity index (χ3n) is 6.64. The normalized spacial score (nSPS) is 14.1. The Hall–Kier alpha value is -2.80. The number of hydrogen-bond acceptors (Lipinski definition) is 4. The first-order valence-corrected chi connectivity index (χ1v) is 15.8. The molecule has 0 aromatic heterocycles. The Balaban J connectivity index is 2.21. The molecule has 0 fully saturated rings. The van der Waals surface area contributed by atoms with Gasteiger partial charge >= 0.3 is 0 Å². The summed E-state index contributed by atoms with van der Waals surface area (Å²) in [6.45, 7) is 11.9. The fourth-order valence-corrected chi connectivity index (χ4v) is 11.1. The van der Waals surface area contributed by atoms with Crippen LogP contribution in [0.15, 0.2) is 109 Å². The lowest BCUT2D eigenvalue weighted by Crippen LogP contribution is -2.68. The summed E-state index contributed by atoms with van der Waals surface area (Å²) in [7, 11) is -6.80. The molecule has 0 aliphatic heterocycles. The van der Waals surface area contributed by atoms with E-state index in [9.17, 15) is 13.2 Å². The molecule has 0 saturated carbocycles. The van der Waals surface area contributed by atoms with Gasteiger partial charge in [-0.3, -0.25) is 4.79 Å². The molecule has 2 atom stereocenters. The second-order valence-corrected chi connectivity index (χ2v) is 16.4. The lowest BCUT2D eigenvalue weighted by atomic mass is 9.99. The fourth-order valence-electron chi connectivity index (χ4n) is 4.67.